The van der Waals surface area contributed by atoms with Crippen molar-refractivity contribution in [3.8, 4) is 0 Å². The molecule has 0 aromatic heterocycles. The van der Waals surface area contributed by atoms with Gasteiger partial charge in [0, 0.05) is 5.69 Å². The lowest BCUT2D eigenvalue weighted by Gasteiger charge is -2.27. The van der Waals surface area contributed by atoms with E-state index in [0.717, 1.165) is 11.0 Å². The Balaban J connectivity index is 1.92. The molecule has 0 saturated heterocycles. The molecule has 4 rings (SSSR count). The van der Waals surface area contributed by atoms with Crippen molar-refractivity contribution >= 4 is 27.4 Å². The molecular weight excluding hydrogens is 449 g/mol. The third-order valence-electron chi connectivity index (χ3n) is 5.24. The quantitative estimate of drug-likeness (QED) is 0.571. The Morgan fingerprint density at radius 2 is 1.67 bits per heavy atom. The Bertz CT molecular complexity index is 1370. The minimum Gasteiger partial charge on any atom is -0.502 e. The van der Waals surface area contributed by atoms with Gasteiger partial charge < -0.3 is 9.84 Å². The molecule has 168 valence electrons. The highest BCUT2D eigenvalue weighted by atomic mass is 32.2. The van der Waals surface area contributed by atoms with E-state index in [1.165, 1.54) is 73.8 Å². The molecule has 0 unspecified atom stereocenters. The summed E-state index contributed by atoms with van der Waals surface area (Å²) in [5.74, 6) is -3.18. The number of carbonyl (C=O) groups excluding carboxylic acids is 2. The predicted octanol–water partition coefficient (Wildman–Crippen LogP) is 3.94. The molecule has 0 spiro atoms. The van der Waals surface area contributed by atoms with Crippen LogP contribution in [0.4, 0.5) is 10.1 Å². The number of rotatable bonds is 5. The molecule has 0 bridgehead atoms. The molecule has 9 heteroatoms. The van der Waals surface area contributed by atoms with Crippen LogP contribution in [0.5, 0.6) is 0 Å². The number of nitrogens with zero attached hydrogens (tertiary/aromatic N) is 1. The molecule has 1 amide bonds. The van der Waals surface area contributed by atoms with Crippen LogP contribution in [-0.2, 0) is 19.4 Å². The maximum atomic E-state index is 14.0. The number of hydrogen-bond donors (Lipinski definition) is 1. The normalized spacial score (nSPS) is 16.2. The van der Waals surface area contributed by atoms with Gasteiger partial charge in [-0.3, -0.25) is 9.69 Å². The number of methoxy groups -OCH3 is 1. The lowest BCUT2D eigenvalue weighted by atomic mass is 10.0. The summed E-state index contributed by atoms with van der Waals surface area (Å²) in [6, 6.07) is 16.9. The fourth-order valence-electron chi connectivity index (χ4n) is 3.70. The number of carbonyl (C=O) groups is 2. The molecule has 0 saturated carbocycles. The van der Waals surface area contributed by atoms with Crippen molar-refractivity contribution in [3.63, 3.8) is 0 Å². The third kappa shape index (κ3) is 3.87. The molecule has 3 aromatic carbocycles. The van der Waals surface area contributed by atoms with E-state index in [2.05, 4.69) is 4.74 Å². The average Bonchev–Trinajstić information content (AvgIpc) is 3.10. The maximum Gasteiger partial charge on any atom is 0.337 e. The minimum absolute atomic E-state index is 0.0619. The summed E-state index contributed by atoms with van der Waals surface area (Å²) >= 11 is 0. The molecule has 1 aliphatic rings. The predicted molar refractivity (Wildman–Crippen MR) is 118 cm³/mol. The van der Waals surface area contributed by atoms with Crippen LogP contribution in [0.3, 0.4) is 0 Å². The van der Waals surface area contributed by atoms with E-state index >= 15 is 0 Å². The largest absolute Gasteiger partial charge is 0.502 e. The monoisotopic (exact) mass is 467 g/mol. The summed E-state index contributed by atoms with van der Waals surface area (Å²) in [7, 11) is -3.09. The molecule has 1 atom stereocenters. The number of aliphatic hydroxyl groups is 1. The lowest BCUT2D eigenvalue weighted by molar-refractivity contribution is -0.117. The zero-order chi connectivity index (χ0) is 23.8. The number of anilines is 1. The Morgan fingerprint density at radius 3 is 2.27 bits per heavy atom. The van der Waals surface area contributed by atoms with Crippen molar-refractivity contribution in [3.05, 3.63) is 106 Å². The van der Waals surface area contributed by atoms with Gasteiger partial charge in [-0.1, -0.05) is 36.4 Å². The van der Waals surface area contributed by atoms with Gasteiger partial charge in [-0.15, -0.1) is 0 Å². The molecule has 1 heterocycles. The van der Waals surface area contributed by atoms with Gasteiger partial charge >= 0.3 is 5.97 Å². The van der Waals surface area contributed by atoms with Crippen LogP contribution in [0.15, 0.2) is 94.4 Å². The van der Waals surface area contributed by atoms with Crippen LogP contribution >= 0.6 is 0 Å². The maximum absolute atomic E-state index is 14.0. The van der Waals surface area contributed by atoms with Crippen LogP contribution in [0, 0.1) is 5.82 Å². The summed E-state index contributed by atoms with van der Waals surface area (Å²) in [4.78, 5) is 25.2. The van der Waals surface area contributed by atoms with Crippen LogP contribution in [0.2, 0.25) is 0 Å². The van der Waals surface area contributed by atoms with E-state index in [0.29, 0.717) is 5.56 Å². The van der Waals surface area contributed by atoms with Crippen molar-refractivity contribution in [2.75, 3.05) is 12.0 Å². The van der Waals surface area contributed by atoms with Gasteiger partial charge in [0.25, 0.3) is 5.91 Å². The van der Waals surface area contributed by atoms with Gasteiger partial charge in [0.15, 0.2) is 5.76 Å². The van der Waals surface area contributed by atoms with Crippen LogP contribution in [0.1, 0.15) is 22.0 Å². The number of esters is 1. The van der Waals surface area contributed by atoms with E-state index in [9.17, 15) is 27.5 Å². The van der Waals surface area contributed by atoms with Crippen molar-refractivity contribution in [1.29, 1.82) is 0 Å². The third-order valence-corrected chi connectivity index (χ3v) is 7.13. The number of benzene rings is 3. The van der Waals surface area contributed by atoms with Gasteiger partial charge in [0.05, 0.1) is 17.6 Å². The highest BCUT2D eigenvalue weighted by Crippen LogP contribution is 2.44. The van der Waals surface area contributed by atoms with Crippen LogP contribution in [0.25, 0.3) is 0 Å². The standard InChI is InChI=1S/C24H18FNO6S/c1-32-24(29)16-12-10-15(11-13-16)20-22(33(30,31)19-8-3-2-4-9-19)21(27)23(28)26(20)18-7-5-6-17(25)14-18/h2-14,20,27H,1H3/t20-/m1/s1. The first-order valence-electron chi connectivity index (χ1n) is 9.76. The van der Waals surface area contributed by atoms with Crippen molar-refractivity contribution in [2.45, 2.75) is 10.9 Å². The summed E-state index contributed by atoms with van der Waals surface area (Å²) in [5, 5.41) is 10.7. The van der Waals surface area contributed by atoms with Gasteiger partial charge in [-0.25, -0.2) is 17.6 Å². The number of hydrogen-bond acceptors (Lipinski definition) is 6. The molecule has 33 heavy (non-hydrogen) atoms. The number of aliphatic hydroxyl groups excluding tert-OH is 1. The SMILES string of the molecule is COC(=O)c1ccc([C@@H]2C(S(=O)(=O)c3ccccc3)=C(O)C(=O)N2c2cccc(F)c2)cc1. The highest BCUT2D eigenvalue weighted by Gasteiger charge is 2.47. The zero-order valence-corrected chi connectivity index (χ0v) is 18.1. The summed E-state index contributed by atoms with van der Waals surface area (Å²) in [6.07, 6.45) is 0. The second-order valence-corrected chi connectivity index (χ2v) is 9.12. The first kappa shape index (κ1) is 22.2. The molecule has 0 fully saturated rings. The van der Waals surface area contributed by atoms with E-state index in [4.69, 9.17) is 0 Å². The average molecular weight is 467 g/mol. The first-order chi connectivity index (χ1) is 15.8. The molecule has 7 nitrogen and oxygen atoms in total. The van der Waals surface area contributed by atoms with Crippen LogP contribution < -0.4 is 4.90 Å². The molecule has 0 radical (unpaired) electrons. The Morgan fingerprint density at radius 1 is 1.00 bits per heavy atom. The second kappa shape index (κ2) is 8.51. The second-order valence-electron chi connectivity index (χ2n) is 7.20. The van der Waals surface area contributed by atoms with Crippen molar-refractivity contribution < 1.29 is 32.2 Å². The molecule has 1 aliphatic heterocycles. The van der Waals surface area contributed by atoms with Crippen molar-refractivity contribution in [1.82, 2.24) is 0 Å². The van der Waals surface area contributed by atoms with Crippen molar-refractivity contribution in [2.24, 2.45) is 0 Å². The number of amides is 1. The summed E-state index contributed by atoms with van der Waals surface area (Å²) in [6.45, 7) is 0. The fraction of sp³-hybridized carbons (Fsp3) is 0.0833. The number of ether oxygens (including phenoxy) is 1. The molecule has 0 aliphatic carbocycles. The Kier molecular flexibility index (Phi) is 5.73. The van der Waals surface area contributed by atoms with Gasteiger partial charge in [0.1, 0.15) is 16.8 Å². The Hall–Kier alpha value is -3.98. The van der Waals surface area contributed by atoms with Crippen LogP contribution in [-0.4, -0.2) is 32.5 Å². The minimum atomic E-state index is -4.32. The number of halogens is 1. The van der Waals surface area contributed by atoms with E-state index in [1.54, 1.807) is 6.07 Å². The zero-order valence-electron chi connectivity index (χ0n) is 17.3. The summed E-state index contributed by atoms with van der Waals surface area (Å²) in [5.41, 5.74) is 0.564. The van der Waals surface area contributed by atoms with E-state index < -0.39 is 44.2 Å². The van der Waals surface area contributed by atoms with E-state index in [1.807, 2.05) is 0 Å². The van der Waals surface area contributed by atoms with E-state index in [-0.39, 0.29) is 16.1 Å². The van der Waals surface area contributed by atoms with Gasteiger partial charge in [-0.2, -0.15) is 0 Å². The highest BCUT2D eigenvalue weighted by molar-refractivity contribution is 7.95. The van der Waals surface area contributed by atoms with Gasteiger partial charge in [-0.05, 0) is 48.0 Å². The first-order valence-corrected chi connectivity index (χ1v) is 11.2. The Labute approximate surface area is 189 Å². The lowest BCUT2D eigenvalue weighted by Crippen LogP contribution is -2.31. The molecule has 3 aromatic rings. The fourth-order valence-corrected chi connectivity index (χ4v) is 5.34. The smallest absolute Gasteiger partial charge is 0.337 e. The molecular formula is C24H18FNO6S. The topological polar surface area (TPSA) is 101 Å². The number of sulfone groups is 1. The molecule has 1 N–H and O–H groups in total. The van der Waals surface area contributed by atoms with Gasteiger partial charge in [0.2, 0.25) is 9.84 Å². The summed E-state index contributed by atoms with van der Waals surface area (Å²) < 4.78 is 45.6.